The fraction of sp³-hybridized carbons (Fsp3) is 0.182. The molecule has 5 nitrogen and oxygen atoms in total. The molecule has 1 amide bonds. The largest absolute Gasteiger partial charge is 0.302 e. The molecule has 1 aromatic carbocycles. The third-order valence-electron chi connectivity index (χ3n) is 2.24. The van der Waals surface area contributed by atoms with E-state index in [2.05, 4.69) is 36.2 Å². The van der Waals surface area contributed by atoms with Crippen LogP contribution >= 0.6 is 15.9 Å². The molecule has 0 aliphatic rings. The molecule has 1 aromatic heterocycles. The van der Waals surface area contributed by atoms with Gasteiger partial charge in [-0.3, -0.25) is 4.79 Å². The van der Waals surface area contributed by atoms with Crippen LogP contribution in [0, 0.1) is 0 Å². The van der Waals surface area contributed by atoms with Gasteiger partial charge >= 0.3 is 0 Å². The fourth-order valence-corrected chi connectivity index (χ4v) is 1.82. The molecule has 2 aromatic rings. The standard InChI is InChI=1S/C11H10BrN3O2/c1-2-9-10(15-17-14-9)13-11(16)7-5-3-4-6-8(7)12/h3-6H,2H2,1H3,(H,13,15,16). The Morgan fingerprint density at radius 3 is 2.88 bits per heavy atom. The van der Waals surface area contributed by atoms with Crippen molar-refractivity contribution in [2.24, 2.45) is 0 Å². The van der Waals surface area contributed by atoms with E-state index in [1.54, 1.807) is 18.2 Å². The smallest absolute Gasteiger partial charge is 0.258 e. The van der Waals surface area contributed by atoms with Crippen molar-refractivity contribution in [3.63, 3.8) is 0 Å². The highest BCUT2D eigenvalue weighted by molar-refractivity contribution is 9.10. The highest BCUT2D eigenvalue weighted by Crippen LogP contribution is 2.18. The van der Waals surface area contributed by atoms with E-state index in [-0.39, 0.29) is 5.91 Å². The number of anilines is 1. The third kappa shape index (κ3) is 2.52. The van der Waals surface area contributed by atoms with Gasteiger partial charge in [0.25, 0.3) is 5.91 Å². The Labute approximate surface area is 106 Å². The summed E-state index contributed by atoms with van der Waals surface area (Å²) in [4.78, 5) is 12.0. The van der Waals surface area contributed by atoms with Gasteiger partial charge in [0, 0.05) is 4.47 Å². The molecule has 2 rings (SSSR count). The number of carbonyl (C=O) groups excluding carboxylic acids is 1. The summed E-state index contributed by atoms with van der Waals surface area (Å²) >= 11 is 3.32. The lowest BCUT2D eigenvalue weighted by Crippen LogP contribution is -2.13. The van der Waals surface area contributed by atoms with Crippen molar-refractivity contribution < 1.29 is 9.42 Å². The molecule has 0 radical (unpaired) electrons. The van der Waals surface area contributed by atoms with Crippen molar-refractivity contribution in [3.05, 3.63) is 40.0 Å². The number of aryl methyl sites for hydroxylation is 1. The van der Waals surface area contributed by atoms with E-state index in [0.717, 1.165) is 4.47 Å². The van der Waals surface area contributed by atoms with E-state index in [0.29, 0.717) is 23.5 Å². The first-order chi connectivity index (χ1) is 8.22. The van der Waals surface area contributed by atoms with Crippen molar-refractivity contribution in [2.45, 2.75) is 13.3 Å². The zero-order valence-electron chi connectivity index (χ0n) is 9.11. The molecule has 0 atom stereocenters. The SMILES string of the molecule is CCc1nonc1NC(=O)c1ccccc1Br. The van der Waals surface area contributed by atoms with Crippen LogP contribution in [0.2, 0.25) is 0 Å². The Hall–Kier alpha value is -1.69. The van der Waals surface area contributed by atoms with Crippen molar-refractivity contribution in [2.75, 3.05) is 5.32 Å². The van der Waals surface area contributed by atoms with E-state index in [4.69, 9.17) is 0 Å². The minimum Gasteiger partial charge on any atom is -0.302 e. The van der Waals surface area contributed by atoms with E-state index < -0.39 is 0 Å². The van der Waals surface area contributed by atoms with Gasteiger partial charge in [0.05, 0.1) is 5.56 Å². The number of amides is 1. The van der Waals surface area contributed by atoms with Gasteiger partial charge in [0.1, 0.15) is 5.69 Å². The lowest BCUT2D eigenvalue weighted by atomic mass is 10.2. The number of nitrogens with zero attached hydrogens (tertiary/aromatic N) is 2. The van der Waals surface area contributed by atoms with Gasteiger partial charge < -0.3 is 5.32 Å². The quantitative estimate of drug-likeness (QED) is 0.945. The number of aromatic nitrogens is 2. The molecular weight excluding hydrogens is 286 g/mol. The molecule has 0 unspecified atom stereocenters. The van der Waals surface area contributed by atoms with Gasteiger partial charge in [-0.25, -0.2) is 4.63 Å². The summed E-state index contributed by atoms with van der Waals surface area (Å²) in [5, 5.41) is 10.0. The number of benzene rings is 1. The Kier molecular flexibility index (Phi) is 3.53. The highest BCUT2D eigenvalue weighted by atomic mass is 79.9. The van der Waals surface area contributed by atoms with Crippen LogP contribution in [0.4, 0.5) is 5.82 Å². The Morgan fingerprint density at radius 2 is 2.18 bits per heavy atom. The molecule has 0 spiro atoms. The number of hydrogen-bond donors (Lipinski definition) is 1. The van der Waals surface area contributed by atoms with Crippen molar-refractivity contribution in [1.29, 1.82) is 0 Å². The molecule has 6 heteroatoms. The van der Waals surface area contributed by atoms with E-state index in [1.165, 1.54) is 0 Å². The predicted molar refractivity (Wildman–Crippen MR) is 65.8 cm³/mol. The van der Waals surface area contributed by atoms with Crippen LogP contribution in [0.15, 0.2) is 33.4 Å². The normalized spacial score (nSPS) is 10.2. The second-order valence-electron chi connectivity index (χ2n) is 3.35. The average Bonchev–Trinajstić information content (AvgIpc) is 2.76. The number of carbonyl (C=O) groups is 1. The highest BCUT2D eigenvalue weighted by Gasteiger charge is 2.14. The topological polar surface area (TPSA) is 68.0 Å². The Bertz CT molecular complexity index is 539. The molecule has 0 saturated carbocycles. The van der Waals surface area contributed by atoms with Gasteiger partial charge in [0.2, 0.25) is 5.82 Å². The summed E-state index contributed by atoms with van der Waals surface area (Å²) in [6.07, 6.45) is 0.648. The summed E-state index contributed by atoms with van der Waals surface area (Å²) in [5.41, 5.74) is 1.17. The second-order valence-corrected chi connectivity index (χ2v) is 4.20. The zero-order valence-corrected chi connectivity index (χ0v) is 10.7. The van der Waals surface area contributed by atoms with Crippen LogP contribution in [0.5, 0.6) is 0 Å². The maximum atomic E-state index is 12.0. The van der Waals surface area contributed by atoms with Gasteiger partial charge in [-0.1, -0.05) is 24.2 Å². The lowest BCUT2D eigenvalue weighted by molar-refractivity contribution is 0.102. The zero-order chi connectivity index (χ0) is 12.3. The summed E-state index contributed by atoms with van der Waals surface area (Å²) in [6.45, 7) is 1.91. The van der Waals surface area contributed by atoms with Crippen LogP contribution in [-0.4, -0.2) is 16.2 Å². The molecule has 0 fully saturated rings. The first-order valence-electron chi connectivity index (χ1n) is 5.09. The van der Waals surface area contributed by atoms with E-state index in [1.807, 2.05) is 13.0 Å². The lowest BCUT2D eigenvalue weighted by Gasteiger charge is -2.03. The van der Waals surface area contributed by atoms with Gasteiger partial charge in [-0.05, 0) is 39.6 Å². The van der Waals surface area contributed by atoms with Crippen LogP contribution in [0.1, 0.15) is 23.0 Å². The molecule has 1 N–H and O–H groups in total. The molecule has 0 aliphatic carbocycles. The minimum absolute atomic E-state index is 0.247. The maximum absolute atomic E-state index is 12.0. The summed E-state index contributed by atoms with van der Waals surface area (Å²) in [7, 11) is 0. The first kappa shape index (κ1) is 11.8. The Balaban J connectivity index is 2.20. The van der Waals surface area contributed by atoms with Crippen molar-refractivity contribution in [1.82, 2.24) is 10.3 Å². The van der Waals surface area contributed by atoms with Gasteiger partial charge in [-0.15, -0.1) is 0 Å². The van der Waals surface area contributed by atoms with Crippen molar-refractivity contribution in [3.8, 4) is 0 Å². The molecule has 0 saturated heterocycles. The molecule has 88 valence electrons. The minimum atomic E-state index is -0.247. The summed E-state index contributed by atoms with van der Waals surface area (Å²) < 4.78 is 5.31. The maximum Gasteiger partial charge on any atom is 0.258 e. The molecule has 0 bridgehead atoms. The predicted octanol–water partition coefficient (Wildman–Crippen LogP) is 2.65. The molecule has 17 heavy (non-hydrogen) atoms. The Morgan fingerprint density at radius 1 is 1.41 bits per heavy atom. The van der Waals surface area contributed by atoms with Crippen LogP contribution in [0.3, 0.4) is 0 Å². The van der Waals surface area contributed by atoms with E-state index in [9.17, 15) is 4.79 Å². The van der Waals surface area contributed by atoms with Crippen LogP contribution in [0.25, 0.3) is 0 Å². The molecular formula is C11H10BrN3O2. The van der Waals surface area contributed by atoms with Crippen LogP contribution < -0.4 is 5.32 Å². The summed E-state index contributed by atoms with van der Waals surface area (Å²) in [5.74, 6) is 0.121. The fourth-order valence-electron chi connectivity index (χ4n) is 1.35. The number of rotatable bonds is 3. The molecule has 1 heterocycles. The van der Waals surface area contributed by atoms with E-state index >= 15 is 0 Å². The second kappa shape index (κ2) is 5.09. The first-order valence-corrected chi connectivity index (χ1v) is 5.89. The van der Waals surface area contributed by atoms with Crippen LogP contribution in [-0.2, 0) is 6.42 Å². The number of nitrogens with one attached hydrogen (secondary N) is 1. The van der Waals surface area contributed by atoms with Gasteiger partial charge in [-0.2, -0.15) is 0 Å². The number of hydrogen-bond acceptors (Lipinski definition) is 4. The summed E-state index contributed by atoms with van der Waals surface area (Å²) in [6, 6.07) is 7.16. The number of halogens is 1. The van der Waals surface area contributed by atoms with Crippen molar-refractivity contribution >= 4 is 27.7 Å². The molecule has 0 aliphatic heterocycles. The third-order valence-corrected chi connectivity index (χ3v) is 2.93. The monoisotopic (exact) mass is 295 g/mol. The van der Waals surface area contributed by atoms with Gasteiger partial charge in [0.15, 0.2) is 0 Å². The average molecular weight is 296 g/mol.